The molecule has 0 aliphatic heterocycles. The van der Waals surface area contributed by atoms with Crippen LogP contribution in [0.4, 0.5) is 0 Å². The quantitative estimate of drug-likeness (QED) is 0.507. The number of nitrogens with two attached hydrogens (primary N) is 2. The molecule has 0 aliphatic rings. The molecule has 62 valence electrons. The maximum atomic E-state index is 6.08. The molecule has 0 fully saturated rings. The van der Waals surface area contributed by atoms with Gasteiger partial charge in [0.15, 0.2) is 0 Å². The topological polar surface area (TPSA) is 52.0 Å². The van der Waals surface area contributed by atoms with Crippen molar-refractivity contribution in [2.24, 2.45) is 11.1 Å². The minimum Gasteiger partial charge on any atom is -0.338 e. The molecule has 0 aliphatic carbocycles. The van der Waals surface area contributed by atoms with Crippen LogP contribution in [0.3, 0.4) is 0 Å². The highest BCUT2D eigenvalue weighted by atomic mass is 35.6. The first-order valence-electron chi connectivity index (χ1n) is 3.78. The van der Waals surface area contributed by atoms with Crippen molar-refractivity contribution in [2.75, 3.05) is 0 Å². The second kappa shape index (κ2) is 4.33. The number of hydrogen-bond acceptors (Lipinski definition) is 2. The molecule has 0 saturated heterocycles. The summed E-state index contributed by atoms with van der Waals surface area (Å²) in [6, 6.07) is 0.920. The Morgan fingerprint density at radius 2 is 2.00 bits per heavy atom. The summed E-state index contributed by atoms with van der Waals surface area (Å²) in [6.07, 6.45) is 1.94. The van der Waals surface area contributed by atoms with Crippen LogP contribution in [0.25, 0.3) is 0 Å². The van der Waals surface area contributed by atoms with E-state index in [1.807, 2.05) is 6.92 Å². The van der Waals surface area contributed by atoms with Crippen molar-refractivity contribution in [1.82, 2.24) is 0 Å². The van der Waals surface area contributed by atoms with Gasteiger partial charge in [0.2, 0.25) is 7.55 Å². The summed E-state index contributed by atoms with van der Waals surface area (Å²) in [7, 11) is -2.06. The van der Waals surface area contributed by atoms with Gasteiger partial charge in [0, 0.05) is 5.67 Å². The summed E-state index contributed by atoms with van der Waals surface area (Å²) in [5.41, 5.74) is 5.79. The smallest absolute Gasteiger partial charge is 0.240 e. The molecule has 0 aromatic carbocycles. The van der Waals surface area contributed by atoms with Gasteiger partial charge in [-0.05, 0) is 12.5 Å². The Morgan fingerprint density at radius 1 is 1.50 bits per heavy atom. The normalized spacial score (nSPS) is 20.1. The lowest BCUT2D eigenvalue weighted by Crippen LogP contribution is -2.55. The van der Waals surface area contributed by atoms with Crippen LogP contribution in [0, 0.1) is 0 Å². The van der Waals surface area contributed by atoms with Gasteiger partial charge in [-0.2, -0.15) is 0 Å². The Labute approximate surface area is 68.7 Å². The van der Waals surface area contributed by atoms with Gasteiger partial charge in [0.1, 0.15) is 0 Å². The first-order chi connectivity index (χ1) is 4.54. The van der Waals surface area contributed by atoms with Crippen LogP contribution in [-0.4, -0.2) is 13.2 Å². The van der Waals surface area contributed by atoms with Crippen molar-refractivity contribution in [1.29, 1.82) is 0 Å². The van der Waals surface area contributed by atoms with Gasteiger partial charge in [-0.1, -0.05) is 20.3 Å². The predicted molar refractivity (Wildman–Crippen MR) is 49.2 cm³/mol. The van der Waals surface area contributed by atoms with E-state index in [0.29, 0.717) is 0 Å². The van der Waals surface area contributed by atoms with Crippen LogP contribution >= 0.6 is 11.1 Å². The molecule has 4 heteroatoms. The van der Waals surface area contributed by atoms with Crippen molar-refractivity contribution in [3.05, 3.63) is 0 Å². The molecule has 2 unspecified atom stereocenters. The molecule has 10 heavy (non-hydrogen) atoms. The van der Waals surface area contributed by atoms with Crippen LogP contribution in [0.2, 0.25) is 6.04 Å². The number of rotatable bonds is 4. The van der Waals surface area contributed by atoms with E-state index in [0.717, 1.165) is 18.9 Å². The average Bonchev–Trinajstić information content (AvgIpc) is 1.86. The first kappa shape index (κ1) is 10.4. The van der Waals surface area contributed by atoms with Gasteiger partial charge in [-0.15, -0.1) is 11.1 Å². The van der Waals surface area contributed by atoms with E-state index in [-0.39, 0.29) is 5.67 Å². The number of halogens is 1. The van der Waals surface area contributed by atoms with E-state index < -0.39 is 7.55 Å². The zero-order chi connectivity index (χ0) is 8.20. The molecule has 0 spiro atoms. The first-order valence-corrected chi connectivity index (χ1v) is 7.15. The minimum atomic E-state index is -2.06. The molecule has 0 amide bonds. The highest BCUT2D eigenvalue weighted by Crippen LogP contribution is 2.15. The van der Waals surface area contributed by atoms with Crippen molar-refractivity contribution in [3.8, 4) is 0 Å². The van der Waals surface area contributed by atoms with E-state index in [4.69, 9.17) is 22.2 Å². The molecule has 2 atom stereocenters. The molecule has 0 rings (SSSR count). The molecular formula is C6H17ClN2Si. The van der Waals surface area contributed by atoms with Gasteiger partial charge in [0.25, 0.3) is 0 Å². The lowest BCUT2D eigenvalue weighted by molar-refractivity contribution is 0.809. The highest BCUT2D eigenvalue weighted by Gasteiger charge is 2.31. The van der Waals surface area contributed by atoms with E-state index >= 15 is 0 Å². The van der Waals surface area contributed by atoms with Crippen LogP contribution in [0.1, 0.15) is 26.7 Å². The molecule has 0 bridgehead atoms. The summed E-state index contributed by atoms with van der Waals surface area (Å²) in [4.78, 5) is 0. The Balaban J connectivity index is 3.82. The SMILES string of the molecule is CCC[Si](N)(Cl)C(N)CC. The third-order valence-electron chi connectivity index (χ3n) is 1.69. The van der Waals surface area contributed by atoms with Gasteiger partial charge in [0.05, 0.1) is 0 Å². The maximum absolute atomic E-state index is 6.08. The fourth-order valence-electron chi connectivity index (χ4n) is 0.908. The molecule has 4 N–H and O–H groups in total. The van der Waals surface area contributed by atoms with Crippen molar-refractivity contribution >= 4 is 18.6 Å². The zero-order valence-electron chi connectivity index (χ0n) is 6.73. The largest absolute Gasteiger partial charge is 0.338 e. The summed E-state index contributed by atoms with van der Waals surface area (Å²) < 4.78 is 0. The van der Waals surface area contributed by atoms with E-state index in [1.54, 1.807) is 0 Å². The zero-order valence-corrected chi connectivity index (χ0v) is 8.49. The summed E-state index contributed by atoms with van der Waals surface area (Å²) in [6.45, 7) is 4.11. The van der Waals surface area contributed by atoms with Crippen molar-refractivity contribution in [3.63, 3.8) is 0 Å². The predicted octanol–water partition coefficient (Wildman–Crippen LogP) is 1.31. The third-order valence-corrected chi connectivity index (χ3v) is 6.00. The second-order valence-electron chi connectivity index (χ2n) is 2.69. The molecule has 0 aromatic rings. The monoisotopic (exact) mass is 180 g/mol. The van der Waals surface area contributed by atoms with E-state index in [1.165, 1.54) is 0 Å². The van der Waals surface area contributed by atoms with Gasteiger partial charge >= 0.3 is 0 Å². The Kier molecular flexibility index (Phi) is 4.52. The summed E-state index contributed by atoms with van der Waals surface area (Å²) in [5.74, 6) is 0. The Bertz CT molecular complexity index is 97.7. The van der Waals surface area contributed by atoms with Gasteiger partial charge in [-0.3, -0.25) is 0 Å². The third kappa shape index (κ3) is 3.01. The molecule has 2 nitrogen and oxygen atoms in total. The molecule has 0 heterocycles. The summed E-state index contributed by atoms with van der Waals surface area (Å²) in [5, 5.41) is 5.86. The lowest BCUT2D eigenvalue weighted by atomic mass is 10.5. The Morgan fingerprint density at radius 3 is 2.30 bits per heavy atom. The van der Waals surface area contributed by atoms with Crippen LogP contribution in [0.5, 0.6) is 0 Å². The van der Waals surface area contributed by atoms with Crippen molar-refractivity contribution in [2.45, 2.75) is 38.4 Å². The molecule has 0 aromatic heterocycles. The fraction of sp³-hybridized carbons (Fsp3) is 1.00. The summed E-state index contributed by atoms with van der Waals surface area (Å²) >= 11 is 6.08. The Hall–Kier alpha value is 0.427. The standard InChI is InChI=1S/C6H17ClN2Si/c1-3-5-10(7,9)6(8)4-2/h6H,3-5,8-9H2,1-2H3. The van der Waals surface area contributed by atoms with E-state index in [9.17, 15) is 0 Å². The molecule has 0 saturated carbocycles. The van der Waals surface area contributed by atoms with Gasteiger partial charge < -0.3 is 11.1 Å². The second-order valence-corrected chi connectivity index (χ2v) is 7.90. The fourth-order valence-corrected chi connectivity index (χ4v) is 3.75. The maximum Gasteiger partial charge on any atom is 0.240 e. The number of hydrogen-bond donors (Lipinski definition) is 2. The molecule has 0 radical (unpaired) electrons. The van der Waals surface area contributed by atoms with Crippen LogP contribution < -0.4 is 11.1 Å². The molecular weight excluding hydrogens is 164 g/mol. The minimum absolute atomic E-state index is 0.0501. The van der Waals surface area contributed by atoms with Crippen molar-refractivity contribution < 1.29 is 0 Å². The highest BCUT2D eigenvalue weighted by molar-refractivity contribution is 7.19. The van der Waals surface area contributed by atoms with Crippen LogP contribution in [-0.2, 0) is 0 Å². The lowest BCUT2D eigenvalue weighted by Gasteiger charge is -2.24. The van der Waals surface area contributed by atoms with Crippen LogP contribution in [0.15, 0.2) is 0 Å². The van der Waals surface area contributed by atoms with Gasteiger partial charge in [-0.25, -0.2) is 0 Å². The van der Waals surface area contributed by atoms with E-state index in [2.05, 4.69) is 6.92 Å². The average molecular weight is 181 g/mol.